The van der Waals surface area contributed by atoms with E-state index in [1.807, 2.05) is 36.4 Å². The molecule has 0 atom stereocenters. The van der Waals surface area contributed by atoms with Gasteiger partial charge in [-0.3, -0.25) is 4.79 Å². The van der Waals surface area contributed by atoms with Crippen LogP contribution in [0.4, 0.5) is 10.5 Å². The fourth-order valence-corrected chi connectivity index (χ4v) is 4.14. The van der Waals surface area contributed by atoms with Crippen molar-refractivity contribution in [1.29, 1.82) is 0 Å². The Morgan fingerprint density at radius 2 is 1.92 bits per heavy atom. The van der Waals surface area contributed by atoms with Crippen LogP contribution in [-0.4, -0.2) is 42.2 Å². The highest BCUT2D eigenvalue weighted by molar-refractivity contribution is 6.33. The van der Waals surface area contributed by atoms with Crippen molar-refractivity contribution < 1.29 is 19.4 Å². The Morgan fingerprint density at radius 3 is 2.54 bits per heavy atom. The Balaban J connectivity index is 1.70. The Morgan fingerprint density at radius 1 is 1.23 bits per heavy atom. The van der Waals surface area contributed by atoms with Gasteiger partial charge in [0, 0.05) is 29.4 Å². The SMILES string of the molecule is COc1ccc(CN2C(=O)C3(CN(C(=O)O)C3)c3c(Cl)cccc32)cc1. The summed E-state index contributed by atoms with van der Waals surface area (Å²) in [5.74, 6) is 0.645. The summed E-state index contributed by atoms with van der Waals surface area (Å²) in [4.78, 5) is 27.4. The molecule has 2 heterocycles. The number of carbonyl (C=O) groups is 2. The van der Waals surface area contributed by atoms with Gasteiger partial charge in [0.2, 0.25) is 5.91 Å². The summed E-state index contributed by atoms with van der Waals surface area (Å²) in [5.41, 5.74) is 1.57. The molecule has 2 amide bonds. The molecule has 0 radical (unpaired) electrons. The molecule has 26 heavy (non-hydrogen) atoms. The van der Waals surface area contributed by atoms with Crippen LogP contribution in [0.1, 0.15) is 11.1 Å². The molecular weight excluding hydrogens is 356 g/mol. The average molecular weight is 373 g/mol. The molecule has 2 aliphatic rings. The summed E-state index contributed by atoms with van der Waals surface area (Å²) in [6, 6.07) is 12.9. The average Bonchev–Trinajstić information content (AvgIpc) is 2.84. The minimum absolute atomic E-state index is 0.103. The van der Waals surface area contributed by atoms with Crippen LogP contribution < -0.4 is 9.64 Å². The molecule has 2 aromatic rings. The zero-order valence-electron chi connectivity index (χ0n) is 14.1. The number of benzene rings is 2. The Hall–Kier alpha value is -2.73. The normalized spacial score (nSPS) is 17.2. The van der Waals surface area contributed by atoms with E-state index in [4.69, 9.17) is 16.3 Å². The summed E-state index contributed by atoms with van der Waals surface area (Å²) in [6.07, 6.45) is -1.02. The van der Waals surface area contributed by atoms with Gasteiger partial charge >= 0.3 is 6.09 Å². The largest absolute Gasteiger partial charge is 0.497 e. The van der Waals surface area contributed by atoms with E-state index in [1.54, 1.807) is 18.1 Å². The number of fused-ring (bicyclic) bond motifs is 2. The van der Waals surface area contributed by atoms with Crippen molar-refractivity contribution in [2.24, 2.45) is 0 Å². The van der Waals surface area contributed by atoms with Crippen molar-refractivity contribution in [2.45, 2.75) is 12.0 Å². The first-order valence-corrected chi connectivity index (χ1v) is 8.56. The van der Waals surface area contributed by atoms with E-state index < -0.39 is 11.5 Å². The van der Waals surface area contributed by atoms with Crippen LogP contribution in [0.2, 0.25) is 5.02 Å². The molecule has 6 nitrogen and oxygen atoms in total. The molecule has 4 rings (SSSR count). The Labute approximate surface area is 155 Å². The molecule has 134 valence electrons. The van der Waals surface area contributed by atoms with E-state index in [0.29, 0.717) is 11.6 Å². The van der Waals surface area contributed by atoms with Crippen molar-refractivity contribution >= 4 is 29.3 Å². The van der Waals surface area contributed by atoms with Crippen molar-refractivity contribution in [1.82, 2.24) is 4.90 Å². The lowest BCUT2D eigenvalue weighted by molar-refractivity contribution is -0.128. The molecule has 7 heteroatoms. The first-order chi connectivity index (χ1) is 12.5. The van der Waals surface area contributed by atoms with Crippen LogP contribution in [0, 0.1) is 0 Å². The third kappa shape index (κ3) is 2.33. The Kier molecular flexibility index (Phi) is 3.80. The summed E-state index contributed by atoms with van der Waals surface area (Å²) >= 11 is 6.41. The summed E-state index contributed by atoms with van der Waals surface area (Å²) < 4.78 is 5.17. The maximum atomic E-state index is 13.2. The molecule has 0 unspecified atom stereocenters. The molecule has 0 aromatic heterocycles. The minimum atomic E-state index is -1.02. The molecule has 2 aliphatic heterocycles. The fraction of sp³-hybridized carbons (Fsp3) is 0.263. The van der Waals surface area contributed by atoms with Crippen LogP contribution in [-0.2, 0) is 16.8 Å². The molecular formula is C19H17ClN2O4. The van der Waals surface area contributed by atoms with E-state index in [0.717, 1.165) is 22.6 Å². The number of nitrogens with zero attached hydrogens (tertiary/aromatic N) is 2. The molecule has 2 aromatic carbocycles. The lowest BCUT2D eigenvalue weighted by Crippen LogP contribution is -2.65. The van der Waals surface area contributed by atoms with Crippen molar-refractivity contribution in [3.63, 3.8) is 0 Å². The number of hydrogen-bond acceptors (Lipinski definition) is 3. The number of rotatable bonds is 3. The van der Waals surface area contributed by atoms with Crippen LogP contribution in [0.5, 0.6) is 5.75 Å². The van der Waals surface area contributed by atoms with Gasteiger partial charge in [-0.15, -0.1) is 0 Å². The first kappa shape index (κ1) is 16.7. The van der Waals surface area contributed by atoms with E-state index in [2.05, 4.69) is 0 Å². The zero-order valence-corrected chi connectivity index (χ0v) is 14.9. The summed E-state index contributed by atoms with van der Waals surface area (Å²) in [6.45, 7) is 0.666. The van der Waals surface area contributed by atoms with E-state index in [-0.39, 0.29) is 19.0 Å². The van der Waals surface area contributed by atoms with Gasteiger partial charge in [-0.05, 0) is 29.8 Å². The minimum Gasteiger partial charge on any atom is -0.497 e. The van der Waals surface area contributed by atoms with Gasteiger partial charge in [-0.2, -0.15) is 0 Å². The zero-order chi connectivity index (χ0) is 18.5. The topological polar surface area (TPSA) is 70.1 Å². The van der Waals surface area contributed by atoms with Gasteiger partial charge in [0.25, 0.3) is 0 Å². The fourth-order valence-electron chi connectivity index (χ4n) is 3.79. The first-order valence-electron chi connectivity index (χ1n) is 8.18. The van der Waals surface area contributed by atoms with Crippen LogP contribution in [0.25, 0.3) is 0 Å². The second-order valence-electron chi connectivity index (χ2n) is 6.59. The number of likely N-dealkylation sites (tertiary alicyclic amines) is 1. The Bertz CT molecular complexity index is 891. The number of carbonyl (C=O) groups excluding carboxylic acids is 1. The summed E-state index contributed by atoms with van der Waals surface area (Å²) in [7, 11) is 1.60. The predicted molar refractivity (Wildman–Crippen MR) is 96.9 cm³/mol. The predicted octanol–water partition coefficient (Wildman–Crippen LogP) is 3.13. The monoisotopic (exact) mass is 372 g/mol. The molecule has 0 saturated carbocycles. The highest BCUT2D eigenvalue weighted by Gasteiger charge is 2.60. The maximum Gasteiger partial charge on any atom is 0.407 e. The van der Waals surface area contributed by atoms with Gasteiger partial charge in [0.05, 0.1) is 13.7 Å². The molecule has 1 fully saturated rings. The molecule has 1 saturated heterocycles. The lowest BCUT2D eigenvalue weighted by atomic mass is 9.75. The number of halogens is 1. The quantitative estimate of drug-likeness (QED) is 0.898. The van der Waals surface area contributed by atoms with Crippen molar-refractivity contribution in [2.75, 3.05) is 25.1 Å². The van der Waals surface area contributed by atoms with E-state index >= 15 is 0 Å². The number of anilines is 1. The molecule has 0 bridgehead atoms. The molecule has 0 aliphatic carbocycles. The number of methoxy groups -OCH3 is 1. The van der Waals surface area contributed by atoms with E-state index in [9.17, 15) is 14.7 Å². The van der Waals surface area contributed by atoms with Crippen molar-refractivity contribution in [3.8, 4) is 5.75 Å². The van der Waals surface area contributed by atoms with Gasteiger partial charge < -0.3 is 19.6 Å². The number of ether oxygens (including phenoxy) is 1. The highest BCUT2D eigenvalue weighted by Crippen LogP contribution is 2.50. The van der Waals surface area contributed by atoms with Crippen LogP contribution in [0.15, 0.2) is 42.5 Å². The van der Waals surface area contributed by atoms with Crippen molar-refractivity contribution in [3.05, 3.63) is 58.6 Å². The maximum absolute atomic E-state index is 13.2. The number of hydrogen-bond donors (Lipinski definition) is 1. The van der Waals surface area contributed by atoms with Gasteiger partial charge in [-0.25, -0.2) is 4.79 Å². The third-order valence-electron chi connectivity index (χ3n) is 5.11. The van der Waals surface area contributed by atoms with Crippen LogP contribution in [0.3, 0.4) is 0 Å². The lowest BCUT2D eigenvalue weighted by Gasteiger charge is -2.45. The third-order valence-corrected chi connectivity index (χ3v) is 5.42. The van der Waals surface area contributed by atoms with E-state index in [1.165, 1.54) is 4.90 Å². The van der Waals surface area contributed by atoms with Crippen LogP contribution >= 0.6 is 11.6 Å². The molecule has 1 spiro atoms. The number of carboxylic acid groups (broad SMARTS) is 1. The smallest absolute Gasteiger partial charge is 0.407 e. The second kappa shape index (κ2) is 5.92. The highest BCUT2D eigenvalue weighted by atomic mass is 35.5. The van der Waals surface area contributed by atoms with Gasteiger partial charge in [0.1, 0.15) is 11.2 Å². The standard InChI is InChI=1S/C19H17ClN2O4/c1-26-13-7-5-12(6-8-13)9-22-15-4-2-3-14(20)16(15)19(17(22)23)10-21(11-19)18(24)25/h2-8H,9-11H2,1H3,(H,24,25). The number of amides is 2. The van der Waals surface area contributed by atoms with Gasteiger partial charge in [-0.1, -0.05) is 29.8 Å². The summed E-state index contributed by atoms with van der Waals surface area (Å²) in [5, 5.41) is 9.69. The van der Waals surface area contributed by atoms with Gasteiger partial charge in [0.15, 0.2) is 0 Å². The molecule has 1 N–H and O–H groups in total. The second-order valence-corrected chi connectivity index (χ2v) is 7.00.